The standard InChI is InChI=1S/C37H30N2/c1-27-12-11-16-33(24-27)38-22-10-9-13-28(2)29(3)25-31(21-23-38)30-19-20-35-34-17-7-8-18-36(34)39(37(35)26-30)32-14-5-4-6-15-32/h4-26H,2-3H2,1H3/b13-9-,22-10-,23-21-,31-25+. The Hall–Kier alpha value is -5.08. The monoisotopic (exact) mass is 502 g/mol. The van der Waals surface area contributed by atoms with Crippen LogP contribution in [0.15, 0.2) is 164 Å². The summed E-state index contributed by atoms with van der Waals surface area (Å²) >= 11 is 0. The van der Waals surface area contributed by atoms with E-state index in [1.807, 2.05) is 18.2 Å². The Morgan fingerprint density at radius 3 is 2.21 bits per heavy atom. The third kappa shape index (κ3) is 4.81. The number of anilines is 1. The van der Waals surface area contributed by atoms with Gasteiger partial charge in [-0.2, -0.15) is 0 Å². The lowest BCUT2D eigenvalue weighted by Crippen LogP contribution is -2.06. The quantitative estimate of drug-likeness (QED) is 0.238. The summed E-state index contributed by atoms with van der Waals surface area (Å²) in [6, 6.07) is 34.4. The fourth-order valence-electron chi connectivity index (χ4n) is 5.11. The van der Waals surface area contributed by atoms with Crippen LogP contribution in [0.3, 0.4) is 0 Å². The number of para-hydroxylation sites is 2. The molecule has 0 radical (unpaired) electrons. The molecule has 0 atom stereocenters. The smallest absolute Gasteiger partial charge is 0.0547 e. The molecule has 0 fully saturated rings. The molecule has 0 saturated carbocycles. The maximum atomic E-state index is 4.32. The van der Waals surface area contributed by atoms with Gasteiger partial charge >= 0.3 is 0 Å². The molecule has 0 N–H and O–H groups in total. The number of aromatic nitrogens is 1. The normalized spacial score (nSPS) is 18.0. The molecular weight excluding hydrogens is 472 g/mol. The van der Waals surface area contributed by atoms with Crippen LogP contribution >= 0.6 is 0 Å². The highest BCUT2D eigenvalue weighted by molar-refractivity contribution is 6.10. The number of fused-ring (bicyclic) bond motifs is 3. The SMILES string of the molecule is C=C1/C=C\C=C/N(c2cccc(C)c2)/C=C\C(c2ccc3c4ccccc4n(-c4ccccc4)c3c2)=C/C1=C. The molecule has 1 aliphatic rings. The molecular formula is C37H30N2. The van der Waals surface area contributed by atoms with E-state index >= 15 is 0 Å². The van der Waals surface area contributed by atoms with E-state index in [1.165, 1.54) is 27.4 Å². The number of allylic oxidation sites excluding steroid dienone is 8. The average Bonchev–Trinajstić information content (AvgIpc) is 3.28. The summed E-state index contributed by atoms with van der Waals surface area (Å²) in [7, 11) is 0. The molecule has 39 heavy (non-hydrogen) atoms. The molecule has 0 spiro atoms. The molecule has 2 nitrogen and oxygen atoms in total. The number of nitrogens with zero attached hydrogens (tertiary/aromatic N) is 2. The molecule has 1 aromatic heterocycles. The number of rotatable bonds is 3. The first-order valence-corrected chi connectivity index (χ1v) is 13.2. The zero-order chi connectivity index (χ0) is 26.8. The molecule has 5 aromatic rings. The summed E-state index contributed by atoms with van der Waals surface area (Å²) in [5.74, 6) is 0. The Bertz CT molecular complexity index is 1840. The zero-order valence-electron chi connectivity index (χ0n) is 22.1. The molecule has 2 heteroatoms. The highest BCUT2D eigenvalue weighted by Gasteiger charge is 2.13. The average molecular weight is 503 g/mol. The maximum Gasteiger partial charge on any atom is 0.0547 e. The molecule has 1 aliphatic heterocycles. The van der Waals surface area contributed by atoms with E-state index in [9.17, 15) is 0 Å². The van der Waals surface area contributed by atoms with Crippen molar-refractivity contribution in [3.63, 3.8) is 0 Å². The third-order valence-electron chi connectivity index (χ3n) is 7.13. The molecule has 2 heterocycles. The first kappa shape index (κ1) is 24.3. The van der Waals surface area contributed by atoms with E-state index in [4.69, 9.17) is 0 Å². The lowest BCUT2D eigenvalue weighted by Gasteiger charge is -2.17. The van der Waals surface area contributed by atoms with Gasteiger partial charge in [0.05, 0.1) is 11.0 Å². The van der Waals surface area contributed by atoms with Crippen LogP contribution in [0.1, 0.15) is 11.1 Å². The van der Waals surface area contributed by atoms with Crippen LogP contribution in [-0.4, -0.2) is 4.57 Å². The van der Waals surface area contributed by atoms with Crippen LogP contribution in [0.25, 0.3) is 33.1 Å². The Kier molecular flexibility index (Phi) is 6.44. The fraction of sp³-hybridized carbons (Fsp3) is 0.0270. The summed E-state index contributed by atoms with van der Waals surface area (Å²) in [6.07, 6.45) is 14.5. The Labute approximate surface area is 230 Å². The van der Waals surface area contributed by atoms with Crippen molar-refractivity contribution in [2.24, 2.45) is 0 Å². The van der Waals surface area contributed by atoms with Crippen LogP contribution in [-0.2, 0) is 0 Å². The van der Waals surface area contributed by atoms with Gasteiger partial charge in [-0.15, -0.1) is 0 Å². The second-order valence-electron chi connectivity index (χ2n) is 9.83. The largest absolute Gasteiger partial charge is 0.324 e. The predicted molar refractivity (Wildman–Crippen MR) is 168 cm³/mol. The molecule has 4 aromatic carbocycles. The van der Waals surface area contributed by atoms with E-state index in [0.29, 0.717) is 0 Å². The zero-order valence-corrected chi connectivity index (χ0v) is 22.1. The minimum Gasteiger partial charge on any atom is -0.324 e. The van der Waals surface area contributed by atoms with Gasteiger partial charge < -0.3 is 9.47 Å². The van der Waals surface area contributed by atoms with E-state index in [1.54, 1.807) is 0 Å². The van der Waals surface area contributed by atoms with Crippen LogP contribution in [0.4, 0.5) is 5.69 Å². The summed E-state index contributed by atoms with van der Waals surface area (Å²) in [5, 5.41) is 2.48. The van der Waals surface area contributed by atoms with Crippen molar-refractivity contribution in [3.8, 4) is 5.69 Å². The van der Waals surface area contributed by atoms with Gasteiger partial charge in [0.2, 0.25) is 0 Å². The molecule has 0 amide bonds. The van der Waals surface area contributed by atoms with Gasteiger partial charge in [-0.05, 0) is 89.4 Å². The predicted octanol–water partition coefficient (Wildman–Crippen LogP) is 9.69. The van der Waals surface area contributed by atoms with Gasteiger partial charge in [-0.1, -0.05) is 86.0 Å². The molecule has 188 valence electrons. The lowest BCUT2D eigenvalue weighted by atomic mass is 9.99. The van der Waals surface area contributed by atoms with Gasteiger partial charge in [0.25, 0.3) is 0 Å². The topological polar surface area (TPSA) is 8.17 Å². The highest BCUT2D eigenvalue weighted by atomic mass is 15.1. The summed E-state index contributed by atoms with van der Waals surface area (Å²) in [6.45, 7) is 10.7. The number of benzene rings is 4. The number of hydrogen-bond donors (Lipinski definition) is 0. The minimum absolute atomic E-state index is 0.881. The van der Waals surface area contributed by atoms with E-state index in [2.05, 4.69) is 151 Å². The maximum absolute atomic E-state index is 4.32. The van der Waals surface area contributed by atoms with Crippen molar-refractivity contribution in [1.29, 1.82) is 0 Å². The summed E-state index contributed by atoms with van der Waals surface area (Å²) < 4.78 is 2.35. The van der Waals surface area contributed by atoms with Crippen molar-refractivity contribution < 1.29 is 0 Å². The van der Waals surface area contributed by atoms with Gasteiger partial charge in [0.15, 0.2) is 0 Å². The molecule has 0 unspecified atom stereocenters. The Morgan fingerprint density at radius 1 is 0.590 bits per heavy atom. The van der Waals surface area contributed by atoms with Gasteiger partial charge in [0, 0.05) is 34.5 Å². The molecule has 6 rings (SSSR count). The first-order valence-electron chi connectivity index (χ1n) is 13.2. The Morgan fingerprint density at radius 2 is 1.36 bits per heavy atom. The first-order chi connectivity index (χ1) is 19.1. The highest BCUT2D eigenvalue weighted by Crippen LogP contribution is 2.34. The summed E-state index contributed by atoms with van der Waals surface area (Å²) in [5.41, 5.74) is 9.78. The van der Waals surface area contributed by atoms with Crippen molar-refractivity contribution in [2.45, 2.75) is 6.92 Å². The van der Waals surface area contributed by atoms with E-state index < -0.39 is 0 Å². The van der Waals surface area contributed by atoms with Crippen molar-refractivity contribution in [3.05, 3.63) is 175 Å². The van der Waals surface area contributed by atoms with Crippen molar-refractivity contribution >= 4 is 33.1 Å². The Balaban J connectivity index is 1.54. The second kappa shape index (κ2) is 10.4. The second-order valence-corrected chi connectivity index (χ2v) is 9.83. The number of aryl methyl sites for hydroxylation is 1. The van der Waals surface area contributed by atoms with E-state index in [0.717, 1.165) is 33.7 Å². The van der Waals surface area contributed by atoms with Gasteiger partial charge in [-0.25, -0.2) is 0 Å². The molecule has 0 bridgehead atoms. The number of hydrogen-bond acceptors (Lipinski definition) is 1. The van der Waals surface area contributed by atoms with Crippen LogP contribution in [0.2, 0.25) is 0 Å². The van der Waals surface area contributed by atoms with E-state index in [-0.39, 0.29) is 0 Å². The van der Waals surface area contributed by atoms with Crippen LogP contribution in [0, 0.1) is 6.92 Å². The van der Waals surface area contributed by atoms with Crippen LogP contribution in [0.5, 0.6) is 0 Å². The third-order valence-corrected chi connectivity index (χ3v) is 7.13. The lowest BCUT2D eigenvalue weighted by molar-refractivity contribution is 1.18. The molecule has 0 aliphatic carbocycles. The molecule has 0 saturated heterocycles. The minimum atomic E-state index is 0.881. The van der Waals surface area contributed by atoms with Gasteiger partial charge in [0.1, 0.15) is 0 Å². The fourth-order valence-corrected chi connectivity index (χ4v) is 5.11. The van der Waals surface area contributed by atoms with Gasteiger partial charge in [-0.3, -0.25) is 0 Å². The summed E-state index contributed by atoms with van der Waals surface area (Å²) in [4.78, 5) is 2.14. The van der Waals surface area contributed by atoms with Crippen molar-refractivity contribution in [2.75, 3.05) is 4.90 Å². The van der Waals surface area contributed by atoms with Crippen LogP contribution < -0.4 is 4.90 Å². The van der Waals surface area contributed by atoms with Crippen molar-refractivity contribution in [1.82, 2.24) is 4.57 Å².